The Labute approximate surface area is 109 Å². The Morgan fingerprint density at radius 2 is 1.83 bits per heavy atom. The summed E-state index contributed by atoms with van der Waals surface area (Å²) in [5.74, 6) is -0.891. The average Bonchev–Trinajstić information content (AvgIpc) is 2.24. The number of amides is 2. The lowest BCUT2D eigenvalue weighted by molar-refractivity contribution is -0.137. The van der Waals surface area contributed by atoms with E-state index in [1.54, 1.807) is 18.9 Å². The van der Waals surface area contributed by atoms with Crippen molar-refractivity contribution in [2.24, 2.45) is 5.92 Å². The first-order valence-corrected chi connectivity index (χ1v) is 6.18. The number of aliphatic carboxylic acids is 1. The molecular formula is C12H25N3O3. The number of carboxylic acids is 1. The summed E-state index contributed by atoms with van der Waals surface area (Å²) in [5, 5.41) is 11.3. The summed E-state index contributed by atoms with van der Waals surface area (Å²) in [7, 11) is 5.73. The Kier molecular flexibility index (Phi) is 8.11. The molecular weight excluding hydrogens is 234 g/mol. The first kappa shape index (κ1) is 16.7. The molecule has 0 fully saturated rings. The van der Waals surface area contributed by atoms with E-state index < -0.39 is 5.97 Å². The van der Waals surface area contributed by atoms with Crippen molar-refractivity contribution >= 4 is 12.0 Å². The molecule has 0 bridgehead atoms. The van der Waals surface area contributed by atoms with Gasteiger partial charge in [-0.2, -0.15) is 0 Å². The SMILES string of the molecule is CC(CNC(=O)N(C)CCCN(C)C)CC(=O)O. The monoisotopic (exact) mass is 259 g/mol. The molecule has 2 N–H and O–H groups in total. The summed E-state index contributed by atoms with van der Waals surface area (Å²) in [6.07, 6.45) is 0.992. The number of urea groups is 1. The van der Waals surface area contributed by atoms with Gasteiger partial charge in [0.05, 0.1) is 0 Å². The van der Waals surface area contributed by atoms with Gasteiger partial charge in [0.2, 0.25) is 0 Å². The van der Waals surface area contributed by atoms with Crippen LogP contribution < -0.4 is 5.32 Å². The third-order valence-electron chi connectivity index (χ3n) is 2.57. The van der Waals surface area contributed by atoms with E-state index >= 15 is 0 Å². The van der Waals surface area contributed by atoms with Crippen LogP contribution in [0.25, 0.3) is 0 Å². The third-order valence-corrected chi connectivity index (χ3v) is 2.57. The smallest absolute Gasteiger partial charge is 0.317 e. The highest BCUT2D eigenvalue weighted by atomic mass is 16.4. The lowest BCUT2D eigenvalue weighted by Gasteiger charge is -2.20. The second-order valence-corrected chi connectivity index (χ2v) is 4.97. The number of carbonyl (C=O) groups is 2. The van der Waals surface area contributed by atoms with Crippen LogP contribution in [0.4, 0.5) is 4.79 Å². The summed E-state index contributed by atoms with van der Waals surface area (Å²) in [6.45, 7) is 3.83. The third kappa shape index (κ3) is 8.81. The molecule has 6 heteroatoms. The molecule has 1 atom stereocenters. The lowest BCUT2D eigenvalue weighted by atomic mass is 10.1. The number of carboxylic acid groups (broad SMARTS) is 1. The fraction of sp³-hybridized carbons (Fsp3) is 0.833. The van der Waals surface area contributed by atoms with Crippen molar-refractivity contribution in [3.63, 3.8) is 0 Å². The Bertz CT molecular complexity index is 269. The van der Waals surface area contributed by atoms with Gasteiger partial charge in [-0.25, -0.2) is 4.79 Å². The highest BCUT2D eigenvalue weighted by Crippen LogP contribution is 2.00. The van der Waals surface area contributed by atoms with Gasteiger partial charge in [-0.15, -0.1) is 0 Å². The molecule has 0 radical (unpaired) electrons. The molecule has 2 amide bonds. The van der Waals surface area contributed by atoms with E-state index in [0.717, 1.165) is 13.0 Å². The predicted octanol–water partition coefficient (Wildman–Crippen LogP) is 0.690. The summed E-state index contributed by atoms with van der Waals surface area (Å²) >= 11 is 0. The zero-order chi connectivity index (χ0) is 14.1. The summed E-state index contributed by atoms with van der Waals surface area (Å²) in [4.78, 5) is 25.8. The zero-order valence-corrected chi connectivity index (χ0v) is 11.8. The molecule has 6 nitrogen and oxygen atoms in total. The van der Waals surface area contributed by atoms with Gasteiger partial charge in [0.25, 0.3) is 0 Å². The van der Waals surface area contributed by atoms with E-state index in [0.29, 0.717) is 13.1 Å². The Balaban J connectivity index is 3.77. The summed E-state index contributed by atoms with van der Waals surface area (Å²) in [6, 6.07) is -0.147. The molecule has 0 saturated heterocycles. The molecule has 0 aliphatic rings. The van der Waals surface area contributed by atoms with E-state index in [1.807, 2.05) is 14.1 Å². The first-order chi connectivity index (χ1) is 8.32. The minimum absolute atomic E-state index is 0.0541. The largest absolute Gasteiger partial charge is 0.481 e. The topological polar surface area (TPSA) is 72.9 Å². The lowest BCUT2D eigenvalue weighted by Crippen LogP contribution is -2.40. The molecule has 18 heavy (non-hydrogen) atoms. The normalized spacial score (nSPS) is 12.3. The number of hydrogen-bond donors (Lipinski definition) is 2. The molecule has 0 aliphatic carbocycles. The van der Waals surface area contributed by atoms with Gasteiger partial charge in [-0.05, 0) is 33.0 Å². The maximum atomic E-state index is 11.7. The van der Waals surface area contributed by atoms with Gasteiger partial charge < -0.3 is 20.2 Å². The van der Waals surface area contributed by atoms with Gasteiger partial charge in [0.1, 0.15) is 0 Å². The van der Waals surface area contributed by atoms with E-state index in [1.165, 1.54) is 0 Å². The molecule has 0 spiro atoms. The van der Waals surface area contributed by atoms with E-state index in [-0.39, 0.29) is 18.4 Å². The van der Waals surface area contributed by atoms with Crippen LogP contribution in [0.2, 0.25) is 0 Å². The number of nitrogens with zero attached hydrogens (tertiary/aromatic N) is 2. The fourth-order valence-corrected chi connectivity index (χ4v) is 1.49. The Morgan fingerprint density at radius 3 is 2.33 bits per heavy atom. The predicted molar refractivity (Wildman–Crippen MR) is 70.6 cm³/mol. The number of nitrogens with one attached hydrogen (secondary N) is 1. The quantitative estimate of drug-likeness (QED) is 0.672. The first-order valence-electron chi connectivity index (χ1n) is 6.18. The summed E-state index contributed by atoms with van der Waals surface area (Å²) < 4.78 is 0. The molecule has 0 rings (SSSR count). The van der Waals surface area contributed by atoms with Gasteiger partial charge >= 0.3 is 12.0 Å². The standard InChI is InChI=1S/C12H25N3O3/c1-10(8-11(16)17)9-13-12(18)15(4)7-5-6-14(2)3/h10H,5-9H2,1-4H3,(H,13,18)(H,16,17). The van der Waals surface area contributed by atoms with Crippen molar-refractivity contribution in [3.8, 4) is 0 Å². The second-order valence-electron chi connectivity index (χ2n) is 4.97. The van der Waals surface area contributed by atoms with Crippen molar-refractivity contribution in [1.82, 2.24) is 15.1 Å². The maximum Gasteiger partial charge on any atom is 0.317 e. The van der Waals surface area contributed by atoms with Gasteiger partial charge in [0, 0.05) is 26.6 Å². The van der Waals surface area contributed by atoms with Crippen molar-refractivity contribution in [1.29, 1.82) is 0 Å². The molecule has 0 aromatic heterocycles. The molecule has 0 aromatic carbocycles. The summed E-state index contributed by atoms with van der Waals surface area (Å²) in [5.41, 5.74) is 0. The number of hydrogen-bond acceptors (Lipinski definition) is 3. The molecule has 0 heterocycles. The highest BCUT2D eigenvalue weighted by Gasteiger charge is 2.11. The van der Waals surface area contributed by atoms with Gasteiger partial charge in [-0.3, -0.25) is 4.79 Å². The van der Waals surface area contributed by atoms with Crippen molar-refractivity contribution in [2.75, 3.05) is 40.8 Å². The minimum atomic E-state index is -0.837. The number of carbonyl (C=O) groups excluding carboxylic acids is 1. The van der Waals surface area contributed by atoms with E-state index in [9.17, 15) is 9.59 Å². The van der Waals surface area contributed by atoms with Crippen molar-refractivity contribution < 1.29 is 14.7 Å². The maximum absolute atomic E-state index is 11.7. The van der Waals surface area contributed by atoms with Gasteiger partial charge in [0.15, 0.2) is 0 Å². The fourth-order valence-electron chi connectivity index (χ4n) is 1.49. The highest BCUT2D eigenvalue weighted by molar-refractivity contribution is 5.74. The Hall–Kier alpha value is -1.30. The zero-order valence-electron chi connectivity index (χ0n) is 11.8. The molecule has 0 saturated carbocycles. The number of rotatable bonds is 8. The van der Waals surface area contributed by atoms with Crippen LogP contribution in [0.5, 0.6) is 0 Å². The van der Waals surface area contributed by atoms with Crippen LogP contribution in [0.3, 0.4) is 0 Å². The molecule has 0 aromatic rings. The van der Waals surface area contributed by atoms with Crippen LogP contribution in [-0.4, -0.2) is 67.7 Å². The van der Waals surface area contributed by atoms with Crippen LogP contribution in [0, 0.1) is 5.92 Å². The minimum Gasteiger partial charge on any atom is -0.481 e. The van der Waals surface area contributed by atoms with Gasteiger partial charge in [-0.1, -0.05) is 6.92 Å². The average molecular weight is 259 g/mol. The van der Waals surface area contributed by atoms with Crippen LogP contribution in [0.1, 0.15) is 19.8 Å². The molecule has 0 aliphatic heterocycles. The van der Waals surface area contributed by atoms with Crippen LogP contribution in [-0.2, 0) is 4.79 Å². The van der Waals surface area contributed by atoms with E-state index in [4.69, 9.17) is 5.11 Å². The molecule has 106 valence electrons. The van der Waals surface area contributed by atoms with Crippen LogP contribution >= 0.6 is 0 Å². The second kappa shape index (κ2) is 8.74. The van der Waals surface area contributed by atoms with Crippen molar-refractivity contribution in [2.45, 2.75) is 19.8 Å². The van der Waals surface area contributed by atoms with Crippen molar-refractivity contribution in [3.05, 3.63) is 0 Å². The van der Waals surface area contributed by atoms with Crippen LogP contribution in [0.15, 0.2) is 0 Å². The van der Waals surface area contributed by atoms with E-state index in [2.05, 4.69) is 10.2 Å². The Morgan fingerprint density at radius 1 is 1.22 bits per heavy atom. The molecule has 1 unspecified atom stereocenters.